The van der Waals surface area contributed by atoms with Gasteiger partial charge >= 0.3 is 5.97 Å². The molecule has 0 aromatic carbocycles. The fourth-order valence-electron chi connectivity index (χ4n) is 1.12. The van der Waals surface area contributed by atoms with E-state index in [0.717, 1.165) is 0 Å². The summed E-state index contributed by atoms with van der Waals surface area (Å²) in [6.45, 7) is 3.71. The third-order valence-electron chi connectivity index (χ3n) is 1.97. The summed E-state index contributed by atoms with van der Waals surface area (Å²) in [5, 5.41) is 3.84. The molecule has 1 rings (SSSR count). The maximum atomic E-state index is 11.3. The summed E-state index contributed by atoms with van der Waals surface area (Å²) in [6.07, 6.45) is 3.09. The van der Waals surface area contributed by atoms with Gasteiger partial charge in [0.15, 0.2) is 0 Å². The highest BCUT2D eigenvalue weighted by Gasteiger charge is 2.04. The van der Waals surface area contributed by atoms with Crippen LogP contribution in [0.1, 0.15) is 19.4 Å². The molecule has 0 atom stereocenters. The third kappa shape index (κ3) is 3.05. The first-order chi connectivity index (χ1) is 7.54. The third-order valence-corrected chi connectivity index (χ3v) is 1.97. The second-order valence-corrected chi connectivity index (χ2v) is 3.30. The summed E-state index contributed by atoms with van der Waals surface area (Å²) >= 11 is 0. The molecule has 0 spiro atoms. The van der Waals surface area contributed by atoms with Gasteiger partial charge in [0.2, 0.25) is 0 Å². The number of nitrogens with zero attached hydrogens (tertiary/aromatic N) is 2. The van der Waals surface area contributed by atoms with E-state index in [1.54, 1.807) is 27.0 Å². The number of rotatable bonds is 3. The van der Waals surface area contributed by atoms with Gasteiger partial charge in [0.05, 0.1) is 12.8 Å². The summed E-state index contributed by atoms with van der Waals surface area (Å²) in [5.41, 5.74) is 0.816. The van der Waals surface area contributed by atoms with Crippen LogP contribution in [0.25, 0.3) is 6.08 Å². The first-order valence-corrected chi connectivity index (χ1v) is 4.93. The second kappa shape index (κ2) is 5.25. The lowest BCUT2D eigenvalue weighted by molar-refractivity contribution is -0.138. The quantitative estimate of drug-likeness (QED) is 0.559. The Bertz CT molecular complexity index is 474. The van der Waals surface area contributed by atoms with Gasteiger partial charge in [-0.3, -0.25) is 4.79 Å². The Morgan fingerprint density at radius 3 is 2.88 bits per heavy atom. The van der Waals surface area contributed by atoms with Crippen LogP contribution in [-0.4, -0.2) is 22.4 Å². The molecule has 1 heterocycles. The highest BCUT2D eigenvalue weighted by Crippen LogP contribution is 2.04. The van der Waals surface area contributed by atoms with E-state index in [4.69, 9.17) is 4.74 Å². The van der Waals surface area contributed by atoms with E-state index in [0.29, 0.717) is 17.7 Å². The van der Waals surface area contributed by atoms with E-state index in [2.05, 4.69) is 5.10 Å². The maximum Gasteiger partial charge on any atom is 0.333 e. The smallest absolute Gasteiger partial charge is 0.333 e. The SMILES string of the molecule is CCOC(=O)/C(C)=C/c1cnn(C)c(=O)c1. The molecule has 1 aromatic rings. The Hall–Kier alpha value is -1.91. The lowest BCUT2D eigenvalue weighted by atomic mass is 10.2. The molecule has 0 aliphatic heterocycles. The van der Waals surface area contributed by atoms with Crippen LogP contribution < -0.4 is 5.56 Å². The molecule has 5 nitrogen and oxygen atoms in total. The molecule has 0 aliphatic rings. The van der Waals surface area contributed by atoms with E-state index in [-0.39, 0.29) is 11.5 Å². The van der Waals surface area contributed by atoms with Crippen molar-refractivity contribution in [2.75, 3.05) is 6.61 Å². The minimum atomic E-state index is -0.386. The van der Waals surface area contributed by atoms with E-state index >= 15 is 0 Å². The van der Waals surface area contributed by atoms with E-state index in [9.17, 15) is 9.59 Å². The van der Waals surface area contributed by atoms with Crippen LogP contribution >= 0.6 is 0 Å². The van der Waals surface area contributed by atoms with Gasteiger partial charge in [-0.25, -0.2) is 9.48 Å². The van der Waals surface area contributed by atoms with Crippen LogP contribution in [0.15, 0.2) is 22.6 Å². The van der Waals surface area contributed by atoms with Gasteiger partial charge in [-0.15, -0.1) is 0 Å². The average Bonchev–Trinajstić information content (AvgIpc) is 2.24. The Morgan fingerprint density at radius 2 is 2.31 bits per heavy atom. The molecule has 16 heavy (non-hydrogen) atoms. The zero-order valence-corrected chi connectivity index (χ0v) is 9.56. The van der Waals surface area contributed by atoms with Crippen molar-refractivity contribution >= 4 is 12.0 Å². The van der Waals surface area contributed by atoms with Crippen LogP contribution in [0.2, 0.25) is 0 Å². The fourth-order valence-corrected chi connectivity index (χ4v) is 1.12. The van der Waals surface area contributed by atoms with Crippen LogP contribution in [0.5, 0.6) is 0 Å². The molecule has 0 amide bonds. The van der Waals surface area contributed by atoms with Gasteiger partial charge < -0.3 is 4.74 Å². The van der Waals surface area contributed by atoms with Crippen molar-refractivity contribution in [2.45, 2.75) is 13.8 Å². The van der Waals surface area contributed by atoms with Crippen molar-refractivity contribution in [1.82, 2.24) is 9.78 Å². The lowest BCUT2D eigenvalue weighted by Crippen LogP contribution is -2.18. The standard InChI is InChI=1S/C11H14N2O3/c1-4-16-11(15)8(2)5-9-6-10(14)13(3)12-7-9/h5-7H,4H2,1-3H3/b8-5+. The highest BCUT2D eigenvalue weighted by atomic mass is 16.5. The molecule has 1 aromatic heterocycles. The number of aromatic nitrogens is 2. The Labute approximate surface area is 93.4 Å². The zero-order valence-electron chi connectivity index (χ0n) is 9.56. The van der Waals surface area contributed by atoms with Gasteiger partial charge in [-0.1, -0.05) is 0 Å². The van der Waals surface area contributed by atoms with Gasteiger partial charge in [0.1, 0.15) is 0 Å². The number of hydrogen-bond acceptors (Lipinski definition) is 4. The number of ether oxygens (including phenoxy) is 1. The van der Waals surface area contributed by atoms with Gasteiger partial charge in [-0.05, 0) is 19.9 Å². The van der Waals surface area contributed by atoms with Gasteiger partial charge in [0.25, 0.3) is 5.56 Å². The molecular weight excluding hydrogens is 208 g/mol. The Morgan fingerprint density at radius 1 is 1.62 bits per heavy atom. The van der Waals surface area contributed by atoms with Crippen molar-refractivity contribution in [2.24, 2.45) is 7.05 Å². The predicted molar refractivity (Wildman–Crippen MR) is 59.8 cm³/mol. The Balaban J connectivity index is 2.94. The second-order valence-electron chi connectivity index (χ2n) is 3.30. The minimum Gasteiger partial charge on any atom is -0.463 e. The number of carbonyl (C=O) groups is 1. The largest absolute Gasteiger partial charge is 0.463 e. The van der Waals surface area contributed by atoms with Crippen LogP contribution in [0.4, 0.5) is 0 Å². The number of esters is 1. The monoisotopic (exact) mass is 222 g/mol. The topological polar surface area (TPSA) is 61.2 Å². The lowest BCUT2D eigenvalue weighted by Gasteiger charge is -2.01. The fraction of sp³-hybridized carbons (Fsp3) is 0.364. The first kappa shape index (κ1) is 12.2. The van der Waals surface area contributed by atoms with Crippen molar-refractivity contribution in [1.29, 1.82) is 0 Å². The van der Waals surface area contributed by atoms with Crippen LogP contribution in [0, 0.1) is 0 Å². The number of hydrogen-bond donors (Lipinski definition) is 0. The van der Waals surface area contributed by atoms with Crippen molar-refractivity contribution in [3.05, 3.63) is 33.8 Å². The zero-order chi connectivity index (χ0) is 12.1. The maximum absolute atomic E-state index is 11.3. The summed E-state index contributed by atoms with van der Waals surface area (Å²) < 4.78 is 6.04. The summed E-state index contributed by atoms with van der Waals surface area (Å²) in [4.78, 5) is 22.6. The average molecular weight is 222 g/mol. The number of aryl methyl sites for hydroxylation is 1. The summed E-state index contributed by atoms with van der Waals surface area (Å²) in [7, 11) is 1.56. The molecule has 5 heteroatoms. The molecule has 0 N–H and O–H groups in total. The molecular formula is C11H14N2O3. The number of carbonyl (C=O) groups excluding carboxylic acids is 1. The van der Waals surface area contributed by atoms with Crippen LogP contribution in [-0.2, 0) is 16.6 Å². The molecule has 0 saturated heterocycles. The molecule has 86 valence electrons. The van der Waals surface area contributed by atoms with Gasteiger partial charge in [0, 0.05) is 24.3 Å². The van der Waals surface area contributed by atoms with E-state index in [1.807, 2.05) is 0 Å². The van der Waals surface area contributed by atoms with E-state index < -0.39 is 0 Å². The van der Waals surface area contributed by atoms with E-state index in [1.165, 1.54) is 16.9 Å². The predicted octanol–water partition coefficient (Wildman–Crippen LogP) is 0.747. The molecule has 0 aliphatic carbocycles. The van der Waals surface area contributed by atoms with Gasteiger partial charge in [-0.2, -0.15) is 5.10 Å². The van der Waals surface area contributed by atoms with Crippen molar-refractivity contribution in [3.63, 3.8) is 0 Å². The summed E-state index contributed by atoms with van der Waals surface area (Å²) in [6, 6.07) is 1.41. The van der Waals surface area contributed by atoms with Crippen LogP contribution in [0.3, 0.4) is 0 Å². The normalized spacial score (nSPS) is 11.3. The Kier molecular flexibility index (Phi) is 3.99. The molecule has 0 bridgehead atoms. The molecule has 0 radical (unpaired) electrons. The first-order valence-electron chi connectivity index (χ1n) is 4.93. The van der Waals surface area contributed by atoms with Crippen molar-refractivity contribution < 1.29 is 9.53 Å². The highest BCUT2D eigenvalue weighted by molar-refractivity contribution is 5.92. The van der Waals surface area contributed by atoms with Crippen molar-refractivity contribution in [3.8, 4) is 0 Å². The molecule has 0 fully saturated rings. The molecule has 0 saturated carbocycles. The summed E-state index contributed by atoms with van der Waals surface area (Å²) in [5.74, 6) is -0.386. The minimum absolute atomic E-state index is 0.217. The molecule has 0 unspecified atom stereocenters.